The highest BCUT2D eigenvalue weighted by Gasteiger charge is 2.33. The molecule has 0 radical (unpaired) electrons. The minimum absolute atomic E-state index is 0.149. The van der Waals surface area contributed by atoms with E-state index in [-0.39, 0.29) is 12.8 Å². The first-order chi connectivity index (χ1) is 15.6. The van der Waals surface area contributed by atoms with Crippen LogP contribution in [0.25, 0.3) is 0 Å². The summed E-state index contributed by atoms with van der Waals surface area (Å²) in [6.07, 6.45) is -3.70. The van der Waals surface area contributed by atoms with Crippen molar-refractivity contribution in [1.82, 2.24) is 16.0 Å². The summed E-state index contributed by atoms with van der Waals surface area (Å²) in [7, 11) is 0. The van der Waals surface area contributed by atoms with E-state index in [1.807, 2.05) is 5.32 Å². The molecule has 34 heavy (non-hydrogen) atoms. The molecule has 0 saturated heterocycles. The highest BCUT2D eigenvalue weighted by Crippen LogP contribution is 2.04. The Balaban J connectivity index is 5.48. The van der Waals surface area contributed by atoms with Gasteiger partial charge in [0.05, 0.1) is 18.6 Å². The van der Waals surface area contributed by atoms with Crippen molar-refractivity contribution in [3.63, 3.8) is 0 Å². The van der Waals surface area contributed by atoms with Crippen LogP contribution in [0, 0.1) is 0 Å². The Morgan fingerprint density at radius 3 is 1.76 bits per heavy atom. The molecular weight excluding hydrogens is 460 g/mol. The molecule has 0 aromatic rings. The van der Waals surface area contributed by atoms with E-state index in [4.69, 9.17) is 27.4 Å². The number of aliphatic carboxylic acids is 2. The molecule has 192 valence electrons. The van der Waals surface area contributed by atoms with E-state index in [1.54, 1.807) is 0 Å². The fraction of sp³-hybridized carbons (Fsp3) is 0.611. The third kappa shape index (κ3) is 11.7. The van der Waals surface area contributed by atoms with Crippen LogP contribution in [-0.2, 0) is 33.6 Å². The van der Waals surface area contributed by atoms with Gasteiger partial charge in [-0.2, -0.15) is 0 Å². The predicted octanol–water partition coefficient (Wildman–Crippen LogP) is -4.76. The van der Waals surface area contributed by atoms with Gasteiger partial charge in [0.15, 0.2) is 0 Å². The molecule has 5 amide bonds. The molecule has 0 aliphatic heterocycles. The van der Waals surface area contributed by atoms with Gasteiger partial charge in [0.2, 0.25) is 29.5 Å². The van der Waals surface area contributed by atoms with Crippen LogP contribution in [0.5, 0.6) is 0 Å². The van der Waals surface area contributed by atoms with Crippen molar-refractivity contribution in [3.8, 4) is 0 Å². The predicted molar refractivity (Wildman–Crippen MR) is 112 cm³/mol. The van der Waals surface area contributed by atoms with Crippen LogP contribution in [0.1, 0.15) is 39.0 Å². The molecule has 0 heterocycles. The molecule has 0 saturated carbocycles. The maximum absolute atomic E-state index is 12.7. The fourth-order valence-electron chi connectivity index (χ4n) is 2.57. The highest BCUT2D eigenvalue weighted by atomic mass is 16.4. The van der Waals surface area contributed by atoms with Gasteiger partial charge in [-0.15, -0.1) is 0 Å². The molecule has 0 aliphatic carbocycles. The summed E-state index contributed by atoms with van der Waals surface area (Å²) in [5.41, 5.74) is 15.5. The van der Waals surface area contributed by atoms with Gasteiger partial charge in [-0.1, -0.05) is 0 Å². The Labute approximate surface area is 193 Å². The van der Waals surface area contributed by atoms with Crippen LogP contribution in [0.4, 0.5) is 0 Å². The molecule has 0 aromatic heterocycles. The first-order valence-electron chi connectivity index (χ1n) is 10.0. The Hall–Kier alpha value is -3.79. The van der Waals surface area contributed by atoms with Crippen LogP contribution in [-0.4, -0.2) is 87.1 Å². The van der Waals surface area contributed by atoms with Gasteiger partial charge < -0.3 is 48.5 Å². The Bertz CT molecular complexity index is 802. The smallest absolute Gasteiger partial charge is 0.326 e. The SMILES string of the molecule is CC(O)C(NC(=O)C(CCC(=O)O)NC(=O)C(N)CCC(N)=O)C(=O)NC(CC(N)=O)C(=O)O. The minimum Gasteiger partial charge on any atom is -0.481 e. The Morgan fingerprint density at radius 2 is 1.32 bits per heavy atom. The van der Waals surface area contributed by atoms with Crippen molar-refractivity contribution in [2.45, 2.75) is 69.3 Å². The van der Waals surface area contributed by atoms with Gasteiger partial charge in [0.1, 0.15) is 18.1 Å². The second-order valence-electron chi connectivity index (χ2n) is 7.40. The molecule has 5 atom stereocenters. The lowest BCUT2D eigenvalue weighted by molar-refractivity contribution is -0.144. The van der Waals surface area contributed by atoms with Gasteiger partial charge in [-0.3, -0.25) is 28.8 Å². The zero-order chi connectivity index (χ0) is 26.6. The number of carbonyl (C=O) groups excluding carboxylic acids is 5. The zero-order valence-corrected chi connectivity index (χ0v) is 18.4. The lowest BCUT2D eigenvalue weighted by atomic mass is 10.1. The average Bonchev–Trinajstić information content (AvgIpc) is 2.71. The minimum atomic E-state index is -1.74. The number of hydrogen-bond donors (Lipinski definition) is 9. The quantitative estimate of drug-likeness (QED) is 0.0988. The number of nitrogens with one attached hydrogen (secondary N) is 3. The van der Waals surface area contributed by atoms with Crippen molar-refractivity contribution in [2.75, 3.05) is 0 Å². The number of carbonyl (C=O) groups is 7. The average molecular weight is 490 g/mol. The monoisotopic (exact) mass is 490 g/mol. The van der Waals surface area contributed by atoms with Crippen molar-refractivity contribution < 1.29 is 48.9 Å². The first kappa shape index (κ1) is 30.2. The third-order valence-electron chi connectivity index (χ3n) is 4.40. The number of aliphatic hydroxyl groups is 1. The molecule has 16 heteroatoms. The van der Waals surface area contributed by atoms with Crippen LogP contribution in [0.2, 0.25) is 0 Å². The highest BCUT2D eigenvalue weighted by molar-refractivity contribution is 5.95. The number of aliphatic hydroxyl groups excluding tert-OH is 1. The lowest BCUT2D eigenvalue weighted by Crippen LogP contribution is -2.60. The standard InChI is InChI=1S/C18H30N6O10/c1-7(25)14(17(32)23-10(18(33)34)6-12(21)27)24-16(31)9(3-5-13(28)29)22-15(30)8(19)2-4-11(20)26/h7-10,14,25H,2-6,19H2,1H3,(H2,20,26)(H2,21,27)(H,22,30)(H,23,32)(H,24,31)(H,28,29)(H,33,34). The molecule has 5 unspecified atom stereocenters. The summed E-state index contributed by atoms with van der Waals surface area (Å²) in [5.74, 6) is -7.82. The molecule has 0 fully saturated rings. The van der Waals surface area contributed by atoms with E-state index in [0.717, 1.165) is 6.92 Å². The van der Waals surface area contributed by atoms with Crippen molar-refractivity contribution in [2.24, 2.45) is 17.2 Å². The third-order valence-corrected chi connectivity index (χ3v) is 4.40. The Kier molecular flexibility index (Phi) is 12.8. The second-order valence-corrected chi connectivity index (χ2v) is 7.40. The number of amides is 5. The van der Waals surface area contributed by atoms with E-state index in [2.05, 4.69) is 10.6 Å². The maximum Gasteiger partial charge on any atom is 0.326 e. The number of hydrogen-bond acceptors (Lipinski definition) is 9. The van der Waals surface area contributed by atoms with Crippen LogP contribution in [0.15, 0.2) is 0 Å². The van der Waals surface area contributed by atoms with E-state index in [9.17, 15) is 38.7 Å². The van der Waals surface area contributed by atoms with Gasteiger partial charge >= 0.3 is 11.9 Å². The molecule has 0 aliphatic rings. The number of carboxylic acids is 2. The van der Waals surface area contributed by atoms with Crippen molar-refractivity contribution in [1.29, 1.82) is 0 Å². The van der Waals surface area contributed by atoms with Crippen LogP contribution in [0.3, 0.4) is 0 Å². The maximum atomic E-state index is 12.7. The van der Waals surface area contributed by atoms with Gasteiger partial charge in [-0.05, 0) is 19.8 Å². The summed E-state index contributed by atoms with van der Waals surface area (Å²) in [4.78, 5) is 81.3. The molecular formula is C18H30N6O10. The van der Waals surface area contributed by atoms with E-state index < -0.39 is 91.0 Å². The lowest BCUT2D eigenvalue weighted by Gasteiger charge is -2.26. The molecule has 0 bridgehead atoms. The summed E-state index contributed by atoms with van der Waals surface area (Å²) < 4.78 is 0. The first-order valence-corrected chi connectivity index (χ1v) is 10.0. The number of nitrogens with two attached hydrogens (primary N) is 3. The second kappa shape index (κ2) is 14.4. The summed E-state index contributed by atoms with van der Waals surface area (Å²) in [5, 5.41) is 34.1. The Morgan fingerprint density at radius 1 is 0.765 bits per heavy atom. The molecule has 0 aromatic carbocycles. The largest absolute Gasteiger partial charge is 0.481 e. The van der Waals surface area contributed by atoms with Gasteiger partial charge in [0, 0.05) is 12.8 Å². The van der Waals surface area contributed by atoms with E-state index in [1.165, 1.54) is 0 Å². The summed E-state index contributed by atoms with van der Waals surface area (Å²) >= 11 is 0. The normalized spacial score (nSPS) is 15.0. The van der Waals surface area contributed by atoms with Crippen molar-refractivity contribution in [3.05, 3.63) is 0 Å². The van der Waals surface area contributed by atoms with E-state index >= 15 is 0 Å². The van der Waals surface area contributed by atoms with Crippen LogP contribution >= 0.6 is 0 Å². The van der Waals surface area contributed by atoms with Gasteiger partial charge in [-0.25, -0.2) is 4.79 Å². The van der Waals surface area contributed by atoms with Crippen LogP contribution < -0.4 is 33.2 Å². The number of rotatable bonds is 16. The molecule has 16 nitrogen and oxygen atoms in total. The van der Waals surface area contributed by atoms with Gasteiger partial charge in [0.25, 0.3) is 0 Å². The molecule has 0 spiro atoms. The fourth-order valence-corrected chi connectivity index (χ4v) is 2.57. The number of carboxylic acid groups (broad SMARTS) is 2. The van der Waals surface area contributed by atoms with Crippen molar-refractivity contribution >= 4 is 41.5 Å². The summed E-state index contributed by atoms with van der Waals surface area (Å²) in [6.45, 7) is 1.10. The zero-order valence-electron chi connectivity index (χ0n) is 18.4. The molecule has 12 N–H and O–H groups in total. The number of primary amides is 2. The molecule has 0 rings (SSSR count). The summed E-state index contributed by atoms with van der Waals surface area (Å²) in [6, 6.07) is -6.25. The topological polar surface area (TPSA) is 294 Å². The van der Waals surface area contributed by atoms with E-state index in [0.29, 0.717) is 0 Å².